The Hall–Kier alpha value is -1.17. The summed E-state index contributed by atoms with van der Waals surface area (Å²) in [6.07, 6.45) is -12.5. The van der Waals surface area contributed by atoms with Crippen molar-refractivity contribution >= 4 is 5.97 Å². The minimum Gasteiger partial charge on any atom is -0.457 e. The number of hydrogen-bond donors (Lipinski definition) is 9. The molecule has 0 aromatic heterocycles. The lowest BCUT2D eigenvalue weighted by Gasteiger charge is -2.65. The molecule has 9 fully saturated rings. The average molecular weight is 929 g/mol. The van der Waals surface area contributed by atoms with Gasteiger partial charge in [0.2, 0.25) is 0 Å². The average Bonchev–Trinajstić information content (AvgIpc) is 3.58. The maximum atomic E-state index is 12.4. The predicted molar refractivity (Wildman–Crippen MR) is 224 cm³/mol. The van der Waals surface area contributed by atoms with E-state index >= 15 is 0 Å². The second-order valence-electron chi connectivity index (χ2n) is 23.6. The zero-order valence-electron chi connectivity index (χ0n) is 39.2. The quantitative estimate of drug-likeness (QED) is 0.112. The number of esters is 1. The maximum absolute atomic E-state index is 12.4. The van der Waals surface area contributed by atoms with E-state index in [0.717, 1.165) is 32.1 Å². The molecule has 65 heavy (non-hydrogen) atoms. The minimum atomic E-state index is -1.69. The smallest absolute Gasteiger partial charge is 0.303 e. The van der Waals surface area contributed by atoms with Crippen molar-refractivity contribution in [2.75, 3.05) is 19.8 Å². The second-order valence-corrected chi connectivity index (χ2v) is 23.6. The Morgan fingerprint density at radius 3 is 1.83 bits per heavy atom. The highest BCUT2D eigenvalue weighted by atomic mass is 16.8. The van der Waals surface area contributed by atoms with E-state index in [2.05, 4.69) is 34.6 Å². The first-order chi connectivity index (χ1) is 30.2. The summed E-state index contributed by atoms with van der Waals surface area (Å²) >= 11 is 0. The SMILES string of the molecule is CC(=O)OC1C(O)COC(O[C@H]2CC[C@]34C[C@]35CC[C@]3(C)[C@@H](C6(C)CC[C@@H](C(C)(C)O)O6)[C@@H](O)C[C@@]3(C)[C@@H]5C[C@H](OC3OCC(O)C(O)C3O)C4C2(C)C)C1OC1OCC(O)C(O)C1O. The molecule has 9 aliphatic rings. The fraction of sp³-hybridized carbons (Fsp3) is 0.979. The lowest BCUT2D eigenvalue weighted by Crippen LogP contribution is -2.65. The summed E-state index contributed by atoms with van der Waals surface area (Å²) in [5, 5.41) is 98.3. The Labute approximate surface area is 381 Å². The van der Waals surface area contributed by atoms with Crippen molar-refractivity contribution in [3.8, 4) is 0 Å². The summed E-state index contributed by atoms with van der Waals surface area (Å²) in [7, 11) is 0. The molecule has 4 aliphatic heterocycles. The third kappa shape index (κ3) is 7.44. The summed E-state index contributed by atoms with van der Waals surface area (Å²) < 4.78 is 50.1. The van der Waals surface area contributed by atoms with Crippen LogP contribution in [0.1, 0.15) is 113 Å². The van der Waals surface area contributed by atoms with E-state index in [0.29, 0.717) is 25.7 Å². The van der Waals surface area contributed by atoms with Gasteiger partial charge >= 0.3 is 5.97 Å². The van der Waals surface area contributed by atoms with Crippen LogP contribution in [0.4, 0.5) is 0 Å². The molecule has 0 amide bonds. The molecule has 4 heterocycles. The number of fused-ring (bicyclic) bond motifs is 2. The predicted octanol–water partition coefficient (Wildman–Crippen LogP) is 0.397. The zero-order chi connectivity index (χ0) is 47.2. The van der Waals surface area contributed by atoms with Crippen LogP contribution in [-0.2, 0) is 42.7 Å². The third-order valence-electron chi connectivity index (χ3n) is 19.2. The topological polar surface area (TPSA) is 273 Å². The largest absolute Gasteiger partial charge is 0.457 e. The van der Waals surface area contributed by atoms with Gasteiger partial charge in [-0.1, -0.05) is 27.7 Å². The van der Waals surface area contributed by atoms with Crippen LogP contribution in [0.2, 0.25) is 0 Å². The summed E-state index contributed by atoms with van der Waals surface area (Å²) in [6, 6.07) is 0. The Morgan fingerprint density at radius 2 is 1.23 bits per heavy atom. The van der Waals surface area contributed by atoms with Gasteiger partial charge in [-0.25, -0.2) is 0 Å². The van der Waals surface area contributed by atoms with Crippen molar-refractivity contribution in [2.45, 2.75) is 223 Å². The third-order valence-corrected chi connectivity index (χ3v) is 19.2. The standard InChI is InChI=1S/C47H76O18/c1-21(48)61-34-25(52)19-60-40(35(34)64-39-33(56)31(54)24(51)18-59-39)63-28-10-12-47-20-46(47)14-13-43(6)36(45(8)11-9-29(65-45)42(4,5)57)22(49)16-44(43,7)27(46)15-26(37(47)41(28,2)3)62-38-32(55)30(53)23(50)17-58-38/h22-40,49-57H,9-20H2,1-8H3/t22-,23?,24?,25?,26-,27-,28-,29-,30?,31?,32?,33?,34?,35?,36-,37?,38?,39?,40?,43+,44-,45?,46-,47+/m0/s1. The Morgan fingerprint density at radius 1 is 0.631 bits per heavy atom. The lowest BCUT2D eigenvalue weighted by molar-refractivity contribution is -0.359. The number of carbonyl (C=O) groups is 1. The van der Waals surface area contributed by atoms with E-state index in [1.165, 1.54) is 6.92 Å². The van der Waals surface area contributed by atoms with E-state index in [1.54, 1.807) is 13.8 Å². The molecule has 0 radical (unpaired) electrons. The van der Waals surface area contributed by atoms with Gasteiger partial charge in [0.05, 0.1) is 55.4 Å². The molecule has 0 aromatic rings. The van der Waals surface area contributed by atoms with Gasteiger partial charge in [-0.2, -0.15) is 0 Å². The molecule has 14 unspecified atom stereocenters. The van der Waals surface area contributed by atoms with Crippen LogP contribution < -0.4 is 0 Å². The summed E-state index contributed by atoms with van der Waals surface area (Å²) in [4.78, 5) is 12.4. The maximum Gasteiger partial charge on any atom is 0.303 e. The Kier molecular flexibility index (Phi) is 12.4. The van der Waals surface area contributed by atoms with Crippen molar-refractivity contribution in [1.29, 1.82) is 0 Å². The number of hydrogen-bond acceptors (Lipinski definition) is 18. The van der Waals surface area contributed by atoms with Crippen LogP contribution in [-0.4, -0.2) is 181 Å². The Balaban J connectivity index is 1.04. The second kappa shape index (κ2) is 16.5. The van der Waals surface area contributed by atoms with Crippen molar-refractivity contribution in [2.24, 2.45) is 44.8 Å². The molecule has 372 valence electrons. The van der Waals surface area contributed by atoms with Gasteiger partial charge in [-0.3, -0.25) is 4.79 Å². The highest BCUT2D eigenvalue weighted by molar-refractivity contribution is 5.66. The normalized spacial score (nSPS) is 56.2. The first kappa shape index (κ1) is 48.8. The summed E-state index contributed by atoms with van der Waals surface area (Å²) in [6.45, 7) is 14.9. The lowest BCUT2D eigenvalue weighted by atomic mass is 9.41. The molecular formula is C47H76O18. The summed E-state index contributed by atoms with van der Waals surface area (Å²) in [5.74, 6) is -1.02. The molecule has 2 spiro atoms. The van der Waals surface area contributed by atoms with Crippen LogP contribution >= 0.6 is 0 Å². The van der Waals surface area contributed by atoms with Crippen LogP contribution in [0, 0.1) is 44.8 Å². The number of aliphatic hydroxyl groups excluding tert-OH is 8. The monoisotopic (exact) mass is 929 g/mol. The molecule has 5 aliphatic carbocycles. The molecule has 18 nitrogen and oxygen atoms in total. The number of aliphatic hydroxyl groups is 9. The fourth-order valence-corrected chi connectivity index (χ4v) is 16.1. The highest BCUT2D eigenvalue weighted by Crippen LogP contribution is 2.89. The zero-order valence-corrected chi connectivity index (χ0v) is 39.2. The van der Waals surface area contributed by atoms with E-state index in [9.17, 15) is 50.8 Å². The van der Waals surface area contributed by atoms with Crippen LogP contribution in [0.25, 0.3) is 0 Å². The van der Waals surface area contributed by atoms with Crippen molar-refractivity contribution in [3.05, 3.63) is 0 Å². The molecule has 18 heteroatoms. The van der Waals surface area contributed by atoms with Gasteiger partial charge in [0.15, 0.2) is 31.1 Å². The summed E-state index contributed by atoms with van der Waals surface area (Å²) in [5.41, 5.74) is -3.47. The molecule has 9 rings (SSSR count). The Bertz CT molecular complexity index is 1780. The fourth-order valence-electron chi connectivity index (χ4n) is 16.1. The van der Waals surface area contributed by atoms with E-state index in [4.69, 9.17) is 37.9 Å². The van der Waals surface area contributed by atoms with Crippen molar-refractivity contribution in [3.63, 3.8) is 0 Å². The molecule has 0 bridgehead atoms. The minimum absolute atomic E-state index is 0.0791. The van der Waals surface area contributed by atoms with Crippen molar-refractivity contribution < 1.29 is 88.6 Å². The van der Waals surface area contributed by atoms with Crippen molar-refractivity contribution in [1.82, 2.24) is 0 Å². The van der Waals surface area contributed by atoms with Crippen LogP contribution in [0.15, 0.2) is 0 Å². The van der Waals surface area contributed by atoms with Crippen LogP contribution in [0.5, 0.6) is 0 Å². The van der Waals surface area contributed by atoms with Crippen LogP contribution in [0.3, 0.4) is 0 Å². The molecule has 0 aromatic carbocycles. The van der Waals surface area contributed by atoms with Gasteiger partial charge in [0.25, 0.3) is 0 Å². The molecule has 24 atom stereocenters. The van der Waals surface area contributed by atoms with Gasteiger partial charge in [0, 0.05) is 12.8 Å². The molecular weight excluding hydrogens is 852 g/mol. The first-order valence-electron chi connectivity index (χ1n) is 24.1. The molecule has 9 N–H and O–H groups in total. The number of carbonyl (C=O) groups excluding carboxylic acids is 1. The van der Waals surface area contributed by atoms with Gasteiger partial charge in [0.1, 0.15) is 42.7 Å². The van der Waals surface area contributed by atoms with Gasteiger partial charge in [-0.05, 0) is 117 Å². The molecule has 4 saturated heterocycles. The number of ether oxygens (including phenoxy) is 8. The number of rotatable bonds is 9. The van der Waals surface area contributed by atoms with E-state index < -0.39 is 115 Å². The van der Waals surface area contributed by atoms with E-state index in [1.807, 2.05) is 0 Å². The van der Waals surface area contributed by atoms with E-state index in [-0.39, 0.29) is 65.3 Å². The highest BCUT2D eigenvalue weighted by Gasteiger charge is 2.85. The van der Waals surface area contributed by atoms with Gasteiger partial charge < -0.3 is 83.9 Å². The first-order valence-corrected chi connectivity index (χ1v) is 24.1. The van der Waals surface area contributed by atoms with Gasteiger partial charge in [-0.15, -0.1) is 0 Å². The molecule has 5 saturated carbocycles.